The van der Waals surface area contributed by atoms with Crippen LogP contribution in [0.2, 0.25) is 0 Å². The van der Waals surface area contributed by atoms with Gasteiger partial charge in [0.15, 0.2) is 6.61 Å². The molecule has 0 fully saturated rings. The lowest BCUT2D eigenvalue weighted by Crippen LogP contribution is -2.11. The lowest BCUT2D eigenvalue weighted by molar-refractivity contribution is 0.280. The van der Waals surface area contributed by atoms with E-state index in [4.69, 9.17) is 9.26 Å². The summed E-state index contributed by atoms with van der Waals surface area (Å²) < 4.78 is 12.0. The van der Waals surface area contributed by atoms with Gasteiger partial charge in [0.1, 0.15) is 5.75 Å². The summed E-state index contributed by atoms with van der Waals surface area (Å²) >= 11 is 2.25. The maximum absolute atomic E-state index is 5.58. The monoisotopic (exact) mass is 358 g/mol. The number of benzene rings is 1. The van der Waals surface area contributed by atoms with Crippen molar-refractivity contribution in [1.29, 1.82) is 0 Å². The molecular weight excluding hydrogens is 343 g/mol. The normalized spacial score (nSPS) is 11.6. The van der Waals surface area contributed by atoms with Gasteiger partial charge in [-0.2, -0.15) is 4.98 Å². The Labute approximate surface area is 120 Å². The number of nitrogens with zero attached hydrogens (tertiary/aromatic N) is 2. The molecule has 0 unspecified atom stereocenters. The fourth-order valence-electron chi connectivity index (χ4n) is 1.30. The van der Waals surface area contributed by atoms with Crippen LogP contribution in [0.5, 0.6) is 5.75 Å². The van der Waals surface area contributed by atoms with Crippen LogP contribution in [0.25, 0.3) is 0 Å². The molecule has 96 valence electrons. The molecule has 1 aromatic heterocycles. The van der Waals surface area contributed by atoms with Crippen molar-refractivity contribution in [3.05, 3.63) is 39.6 Å². The SMILES string of the molecule is CC(C)(C)c1nc(COc2ccc(I)cc2)no1. The molecule has 0 bridgehead atoms. The molecule has 0 amide bonds. The van der Waals surface area contributed by atoms with E-state index >= 15 is 0 Å². The van der Waals surface area contributed by atoms with Crippen LogP contribution < -0.4 is 4.74 Å². The van der Waals surface area contributed by atoms with Gasteiger partial charge in [-0.3, -0.25) is 0 Å². The van der Waals surface area contributed by atoms with Gasteiger partial charge in [0, 0.05) is 8.99 Å². The van der Waals surface area contributed by atoms with Gasteiger partial charge in [0.25, 0.3) is 0 Å². The van der Waals surface area contributed by atoms with Crippen LogP contribution in [-0.2, 0) is 12.0 Å². The molecule has 0 radical (unpaired) electrons. The van der Waals surface area contributed by atoms with Crippen molar-refractivity contribution in [2.45, 2.75) is 32.8 Å². The highest BCUT2D eigenvalue weighted by atomic mass is 127. The summed E-state index contributed by atoms with van der Waals surface area (Å²) in [6, 6.07) is 7.83. The molecule has 0 atom stereocenters. The van der Waals surface area contributed by atoms with E-state index in [2.05, 4.69) is 32.7 Å². The van der Waals surface area contributed by atoms with E-state index in [0.717, 1.165) is 5.75 Å². The Morgan fingerprint density at radius 1 is 1.22 bits per heavy atom. The van der Waals surface area contributed by atoms with Gasteiger partial charge in [-0.1, -0.05) is 25.9 Å². The predicted molar refractivity (Wildman–Crippen MR) is 76.5 cm³/mol. The van der Waals surface area contributed by atoms with Crippen molar-refractivity contribution < 1.29 is 9.26 Å². The van der Waals surface area contributed by atoms with Crippen LogP contribution in [0.1, 0.15) is 32.5 Å². The molecule has 0 N–H and O–H groups in total. The molecule has 0 saturated carbocycles. The molecule has 1 aromatic carbocycles. The largest absolute Gasteiger partial charge is 0.485 e. The predicted octanol–water partition coefficient (Wildman–Crippen LogP) is 3.55. The molecule has 0 saturated heterocycles. The van der Waals surface area contributed by atoms with E-state index in [1.165, 1.54) is 3.57 Å². The summed E-state index contributed by atoms with van der Waals surface area (Å²) in [6.07, 6.45) is 0. The van der Waals surface area contributed by atoms with E-state index in [9.17, 15) is 0 Å². The summed E-state index contributed by atoms with van der Waals surface area (Å²) in [5.41, 5.74) is -0.131. The van der Waals surface area contributed by atoms with E-state index < -0.39 is 0 Å². The number of halogens is 1. The molecule has 18 heavy (non-hydrogen) atoms. The number of rotatable bonds is 3. The Bertz CT molecular complexity index is 515. The zero-order valence-corrected chi connectivity index (χ0v) is 12.8. The zero-order valence-electron chi connectivity index (χ0n) is 10.6. The van der Waals surface area contributed by atoms with Gasteiger partial charge in [-0.15, -0.1) is 0 Å². The summed E-state index contributed by atoms with van der Waals surface area (Å²) in [5, 5.41) is 3.90. The first-order valence-electron chi connectivity index (χ1n) is 5.66. The van der Waals surface area contributed by atoms with Crippen molar-refractivity contribution in [3.8, 4) is 5.75 Å². The van der Waals surface area contributed by atoms with Crippen LogP contribution in [0.4, 0.5) is 0 Å². The third kappa shape index (κ3) is 3.44. The molecule has 1 heterocycles. The minimum Gasteiger partial charge on any atom is -0.485 e. The smallest absolute Gasteiger partial charge is 0.232 e. The molecule has 0 aliphatic rings. The average Bonchev–Trinajstić information content (AvgIpc) is 2.77. The van der Waals surface area contributed by atoms with E-state index in [0.29, 0.717) is 18.3 Å². The highest BCUT2D eigenvalue weighted by Crippen LogP contribution is 2.20. The van der Waals surface area contributed by atoms with Crippen LogP contribution in [0.15, 0.2) is 28.8 Å². The standard InChI is InChI=1S/C13H15IN2O2/c1-13(2,3)12-15-11(16-18-12)8-17-10-6-4-9(14)5-7-10/h4-7H,8H2,1-3H3. The topological polar surface area (TPSA) is 48.2 Å². The second kappa shape index (κ2) is 5.26. The molecular formula is C13H15IN2O2. The maximum atomic E-state index is 5.58. The van der Waals surface area contributed by atoms with Gasteiger partial charge in [0.05, 0.1) is 0 Å². The zero-order chi connectivity index (χ0) is 13.2. The van der Waals surface area contributed by atoms with Crippen molar-refractivity contribution in [1.82, 2.24) is 10.1 Å². The highest BCUT2D eigenvalue weighted by Gasteiger charge is 2.21. The molecule has 0 aliphatic heterocycles. The summed E-state index contributed by atoms with van der Waals surface area (Å²) in [6.45, 7) is 6.42. The quantitative estimate of drug-likeness (QED) is 0.788. The van der Waals surface area contributed by atoms with Gasteiger partial charge in [-0.05, 0) is 46.9 Å². The maximum Gasteiger partial charge on any atom is 0.232 e. The molecule has 5 heteroatoms. The van der Waals surface area contributed by atoms with Gasteiger partial charge in [0.2, 0.25) is 11.7 Å². The minimum absolute atomic E-state index is 0.131. The summed E-state index contributed by atoms with van der Waals surface area (Å²) in [7, 11) is 0. The fraction of sp³-hybridized carbons (Fsp3) is 0.385. The molecule has 0 spiro atoms. The molecule has 4 nitrogen and oxygen atoms in total. The minimum atomic E-state index is -0.131. The van der Waals surface area contributed by atoms with E-state index in [1.54, 1.807) is 0 Å². The van der Waals surface area contributed by atoms with E-state index in [-0.39, 0.29) is 5.41 Å². The van der Waals surface area contributed by atoms with Crippen LogP contribution in [0, 0.1) is 3.57 Å². The third-order valence-corrected chi connectivity index (χ3v) is 3.01. The lowest BCUT2D eigenvalue weighted by atomic mass is 9.97. The molecule has 2 rings (SSSR count). The first-order chi connectivity index (χ1) is 8.45. The first-order valence-corrected chi connectivity index (χ1v) is 6.74. The highest BCUT2D eigenvalue weighted by molar-refractivity contribution is 14.1. The average molecular weight is 358 g/mol. The second-order valence-corrected chi connectivity index (χ2v) is 6.25. The van der Waals surface area contributed by atoms with Crippen LogP contribution >= 0.6 is 22.6 Å². The van der Waals surface area contributed by atoms with Crippen molar-refractivity contribution in [2.24, 2.45) is 0 Å². The Balaban J connectivity index is 1.98. The summed E-state index contributed by atoms with van der Waals surface area (Å²) in [5.74, 6) is 2.00. The third-order valence-electron chi connectivity index (χ3n) is 2.29. The Morgan fingerprint density at radius 3 is 2.44 bits per heavy atom. The van der Waals surface area contributed by atoms with Crippen molar-refractivity contribution in [3.63, 3.8) is 0 Å². The van der Waals surface area contributed by atoms with Gasteiger partial charge < -0.3 is 9.26 Å². The van der Waals surface area contributed by atoms with Crippen LogP contribution in [-0.4, -0.2) is 10.1 Å². The molecule has 0 aliphatic carbocycles. The number of hydrogen-bond donors (Lipinski definition) is 0. The van der Waals surface area contributed by atoms with E-state index in [1.807, 2.05) is 45.0 Å². The summed E-state index contributed by atoms with van der Waals surface area (Å²) in [4.78, 5) is 4.31. The van der Waals surface area contributed by atoms with Crippen molar-refractivity contribution in [2.75, 3.05) is 0 Å². The van der Waals surface area contributed by atoms with Crippen molar-refractivity contribution >= 4 is 22.6 Å². The first kappa shape index (κ1) is 13.3. The second-order valence-electron chi connectivity index (χ2n) is 5.01. The number of hydrogen-bond acceptors (Lipinski definition) is 4. The Morgan fingerprint density at radius 2 is 1.89 bits per heavy atom. The fourth-order valence-corrected chi connectivity index (χ4v) is 1.66. The van der Waals surface area contributed by atoms with Crippen LogP contribution in [0.3, 0.4) is 0 Å². The lowest BCUT2D eigenvalue weighted by Gasteiger charge is -2.10. The van der Waals surface area contributed by atoms with Gasteiger partial charge >= 0.3 is 0 Å². The van der Waals surface area contributed by atoms with Gasteiger partial charge in [-0.25, -0.2) is 0 Å². The Kier molecular flexibility index (Phi) is 3.89. The molecule has 2 aromatic rings. The number of aromatic nitrogens is 2. The number of ether oxygens (including phenoxy) is 1. The Hall–Kier alpha value is -1.11.